The highest BCUT2D eigenvalue weighted by Gasteiger charge is 2.21. The molecule has 3 rings (SSSR count). The van der Waals surface area contributed by atoms with Gasteiger partial charge in [-0.05, 0) is 24.3 Å². The van der Waals surface area contributed by atoms with Gasteiger partial charge in [0.2, 0.25) is 0 Å². The largest absolute Gasteiger partial charge is 0.382 e. The van der Waals surface area contributed by atoms with Crippen LogP contribution in [0.1, 0.15) is 11.3 Å². The molecular formula is C11H11FN4. The Morgan fingerprint density at radius 3 is 2.75 bits per heavy atom. The molecule has 2 heterocycles. The second-order valence-electron chi connectivity index (χ2n) is 3.80. The van der Waals surface area contributed by atoms with E-state index < -0.39 is 0 Å². The second-order valence-corrected chi connectivity index (χ2v) is 3.80. The third-order valence-corrected chi connectivity index (χ3v) is 2.79. The van der Waals surface area contributed by atoms with Gasteiger partial charge in [-0.15, -0.1) is 0 Å². The first-order valence-electron chi connectivity index (χ1n) is 5.08. The van der Waals surface area contributed by atoms with Gasteiger partial charge in [-0.2, -0.15) is 5.10 Å². The highest BCUT2D eigenvalue weighted by molar-refractivity contribution is 5.48. The van der Waals surface area contributed by atoms with Gasteiger partial charge in [0.15, 0.2) is 5.82 Å². The number of benzene rings is 1. The maximum absolute atomic E-state index is 12.8. The fourth-order valence-corrected chi connectivity index (χ4v) is 1.98. The summed E-state index contributed by atoms with van der Waals surface area (Å²) >= 11 is 0. The summed E-state index contributed by atoms with van der Waals surface area (Å²) in [6.45, 7) is 1.50. The molecule has 3 N–H and O–H groups in total. The Balaban J connectivity index is 2.13. The highest BCUT2D eigenvalue weighted by atomic mass is 19.1. The molecule has 0 aliphatic carbocycles. The predicted octanol–water partition coefficient (Wildman–Crippen LogP) is 1.20. The molecule has 0 fully saturated rings. The molecule has 1 aliphatic heterocycles. The normalized spacial score (nSPS) is 14.1. The summed E-state index contributed by atoms with van der Waals surface area (Å²) < 4.78 is 14.6. The molecular weight excluding hydrogens is 207 g/mol. The molecule has 0 amide bonds. The van der Waals surface area contributed by atoms with Crippen LogP contribution in [0, 0.1) is 5.82 Å². The number of hydrogen-bond donors (Lipinski definition) is 2. The van der Waals surface area contributed by atoms with E-state index in [1.54, 1.807) is 16.8 Å². The average Bonchev–Trinajstić information content (AvgIpc) is 2.84. The summed E-state index contributed by atoms with van der Waals surface area (Å²) in [5, 5.41) is 7.48. The first-order chi connectivity index (χ1) is 7.75. The van der Waals surface area contributed by atoms with Crippen LogP contribution in [0.25, 0.3) is 5.69 Å². The molecule has 0 saturated carbocycles. The van der Waals surface area contributed by atoms with Crippen LogP contribution in [-0.4, -0.2) is 9.78 Å². The Morgan fingerprint density at radius 2 is 2.00 bits per heavy atom. The lowest BCUT2D eigenvalue weighted by molar-refractivity contribution is 0.626. The third-order valence-electron chi connectivity index (χ3n) is 2.79. The molecule has 0 bridgehead atoms. The van der Waals surface area contributed by atoms with Gasteiger partial charge >= 0.3 is 0 Å². The zero-order valence-electron chi connectivity index (χ0n) is 8.57. The maximum Gasteiger partial charge on any atom is 0.150 e. The van der Waals surface area contributed by atoms with E-state index >= 15 is 0 Å². The molecule has 4 nitrogen and oxygen atoms in total. The molecule has 5 heteroatoms. The Kier molecular flexibility index (Phi) is 1.94. The van der Waals surface area contributed by atoms with Crippen LogP contribution < -0.4 is 11.1 Å². The second kappa shape index (κ2) is 3.31. The van der Waals surface area contributed by atoms with Gasteiger partial charge in [-0.1, -0.05) is 0 Å². The zero-order chi connectivity index (χ0) is 11.1. The summed E-state index contributed by atoms with van der Waals surface area (Å²) in [6.07, 6.45) is 0. The molecule has 2 aromatic rings. The Bertz CT molecular complexity index is 530. The Morgan fingerprint density at radius 1 is 1.25 bits per heavy atom. The summed E-state index contributed by atoms with van der Waals surface area (Å²) in [7, 11) is 0. The molecule has 0 radical (unpaired) electrons. The van der Waals surface area contributed by atoms with Crippen LogP contribution in [0.5, 0.6) is 0 Å². The lowest BCUT2D eigenvalue weighted by atomic mass is 10.2. The van der Waals surface area contributed by atoms with Crippen LogP contribution in [-0.2, 0) is 13.1 Å². The van der Waals surface area contributed by atoms with E-state index in [1.807, 2.05) is 0 Å². The van der Waals surface area contributed by atoms with Crippen LogP contribution >= 0.6 is 0 Å². The third kappa shape index (κ3) is 1.29. The number of hydrogen-bond acceptors (Lipinski definition) is 3. The van der Waals surface area contributed by atoms with E-state index in [0.29, 0.717) is 5.82 Å². The lowest BCUT2D eigenvalue weighted by Gasteiger charge is -2.04. The van der Waals surface area contributed by atoms with Crippen molar-refractivity contribution in [3.63, 3.8) is 0 Å². The van der Waals surface area contributed by atoms with Crippen molar-refractivity contribution < 1.29 is 4.39 Å². The molecule has 0 unspecified atom stereocenters. The molecule has 82 valence electrons. The van der Waals surface area contributed by atoms with E-state index in [2.05, 4.69) is 10.4 Å². The number of anilines is 1. The van der Waals surface area contributed by atoms with Crippen molar-refractivity contribution in [2.45, 2.75) is 13.1 Å². The van der Waals surface area contributed by atoms with Gasteiger partial charge < -0.3 is 11.1 Å². The van der Waals surface area contributed by atoms with Crippen molar-refractivity contribution in [2.75, 3.05) is 5.73 Å². The van der Waals surface area contributed by atoms with Crippen molar-refractivity contribution in [3.05, 3.63) is 41.3 Å². The SMILES string of the molecule is Nc1nn(-c2ccc(F)cc2)c2c1CNC2. The number of nitrogens with two attached hydrogens (primary N) is 1. The topological polar surface area (TPSA) is 55.9 Å². The van der Waals surface area contributed by atoms with Gasteiger partial charge in [0.05, 0.1) is 11.4 Å². The van der Waals surface area contributed by atoms with Crippen molar-refractivity contribution in [1.29, 1.82) is 0 Å². The molecule has 16 heavy (non-hydrogen) atoms. The number of nitrogens with zero attached hydrogens (tertiary/aromatic N) is 2. The molecule has 0 saturated heterocycles. The van der Waals surface area contributed by atoms with Crippen molar-refractivity contribution in [3.8, 4) is 5.69 Å². The van der Waals surface area contributed by atoms with Gasteiger partial charge in [-0.3, -0.25) is 0 Å². The monoisotopic (exact) mass is 218 g/mol. The fraction of sp³-hybridized carbons (Fsp3) is 0.182. The maximum atomic E-state index is 12.8. The molecule has 0 spiro atoms. The Labute approximate surface area is 91.9 Å². The average molecular weight is 218 g/mol. The number of rotatable bonds is 1. The minimum Gasteiger partial charge on any atom is -0.382 e. The van der Waals surface area contributed by atoms with Crippen molar-refractivity contribution in [2.24, 2.45) is 0 Å². The summed E-state index contributed by atoms with van der Waals surface area (Å²) in [6, 6.07) is 6.23. The summed E-state index contributed by atoms with van der Waals surface area (Å²) in [4.78, 5) is 0. The predicted molar refractivity (Wildman–Crippen MR) is 58.5 cm³/mol. The van der Waals surface area contributed by atoms with Crippen molar-refractivity contribution in [1.82, 2.24) is 15.1 Å². The summed E-state index contributed by atoms with van der Waals surface area (Å²) in [5.41, 5.74) is 8.75. The molecule has 1 aliphatic rings. The minimum absolute atomic E-state index is 0.251. The van der Waals surface area contributed by atoms with Crippen molar-refractivity contribution >= 4 is 5.82 Å². The molecule has 1 aromatic heterocycles. The lowest BCUT2D eigenvalue weighted by Crippen LogP contribution is -2.08. The highest BCUT2D eigenvalue weighted by Crippen LogP contribution is 2.24. The fourth-order valence-electron chi connectivity index (χ4n) is 1.98. The van der Waals surface area contributed by atoms with Gasteiger partial charge in [0, 0.05) is 18.7 Å². The number of fused-ring (bicyclic) bond motifs is 1. The quantitative estimate of drug-likeness (QED) is 0.756. The smallest absolute Gasteiger partial charge is 0.150 e. The number of nitrogens with one attached hydrogen (secondary N) is 1. The van der Waals surface area contributed by atoms with Crippen LogP contribution in [0.3, 0.4) is 0 Å². The molecule has 0 atom stereocenters. The van der Waals surface area contributed by atoms with E-state index in [4.69, 9.17) is 5.73 Å². The standard InChI is InChI=1S/C11H11FN4/c12-7-1-3-8(4-2-7)16-10-6-14-5-9(10)11(13)15-16/h1-4,14H,5-6H2,(H2,13,15). The van der Waals surface area contributed by atoms with Crippen LogP contribution in [0.2, 0.25) is 0 Å². The summed E-state index contributed by atoms with van der Waals surface area (Å²) in [5.74, 6) is 0.294. The van der Waals surface area contributed by atoms with Gasteiger partial charge in [0.25, 0.3) is 0 Å². The minimum atomic E-state index is -0.251. The van der Waals surface area contributed by atoms with E-state index in [9.17, 15) is 4.39 Å². The number of aromatic nitrogens is 2. The van der Waals surface area contributed by atoms with E-state index in [1.165, 1.54) is 12.1 Å². The van der Waals surface area contributed by atoms with Crippen LogP contribution in [0.4, 0.5) is 10.2 Å². The van der Waals surface area contributed by atoms with Gasteiger partial charge in [-0.25, -0.2) is 9.07 Å². The number of nitrogen functional groups attached to an aromatic ring is 1. The molecule has 1 aromatic carbocycles. The first kappa shape index (κ1) is 9.35. The zero-order valence-corrected chi connectivity index (χ0v) is 8.57. The Hall–Kier alpha value is -1.88. The van der Waals surface area contributed by atoms with Crippen LogP contribution in [0.15, 0.2) is 24.3 Å². The number of halogens is 1. The first-order valence-corrected chi connectivity index (χ1v) is 5.08. The van der Waals surface area contributed by atoms with E-state index in [-0.39, 0.29) is 5.82 Å². The van der Waals surface area contributed by atoms with Gasteiger partial charge in [0.1, 0.15) is 5.82 Å². The van der Waals surface area contributed by atoms with E-state index in [0.717, 1.165) is 30.0 Å².